The van der Waals surface area contributed by atoms with E-state index >= 15 is 0 Å². The minimum absolute atomic E-state index is 0.0381. The van der Waals surface area contributed by atoms with E-state index in [9.17, 15) is 4.79 Å². The summed E-state index contributed by atoms with van der Waals surface area (Å²) in [5.41, 5.74) is 6.87. The number of likely N-dealkylation sites (tertiary alicyclic amines) is 1. The van der Waals surface area contributed by atoms with Crippen LogP contribution in [0.1, 0.15) is 10.4 Å². The van der Waals surface area contributed by atoms with Crippen molar-refractivity contribution in [3.05, 3.63) is 29.8 Å². The molecule has 1 fully saturated rings. The first-order valence-electron chi connectivity index (χ1n) is 5.86. The minimum atomic E-state index is -0.0694. The van der Waals surface area contributed by atoms with E-state index in [-0.39, 0.29) is 18.1 Å². The van der Waals surface area contributed by atoms with Gasteiger partial charge in [-0.3, -0.25) is 4.79 Å². The molecule has 1 aliphatic heterocycles. The van der Waals surface area contributed by atoms with Crippen LogP contribution in [0.4, 0.5) is 5.69 Å². The van der Waals surface area contributed by atoms with Crippen molar-refractivity contribution in [3.8, 4) is 0 Å². The third-order valence-corrected chi connectivity index (χ3v) is 3.24. The van der Waals surface area contributed by atoms with Crippen LogP contribution in [0, 0.1) is 0 Å². The molecule has 1 saturated heterocycles. The SMILES string of the molecule is COC1CN(C(=O)c2cccc(N)c2)CC1OC. The Kier molecular flexibility index (Phi) is 3.84. The molecular formula is C13H18N2O3. The maximum Gasteiger partial charge on any atom is 0.254 e. The van der Waals surface area contributed by atoms with Crippen molar-refractivity contribution in [3.63, 3.8) is 0 Å². The van der Waals surface area contributed by atoms with Gasteiger partial charge in [-0.05, 0) is 18.2 Å². The van der Waals surface area contributed by atoms with Gasteiger partial charge in [-0.1, -0.05) is 6.07 Å². The van der Waals surface area contributed by atoms with Crippen LogP contribution in [0.2, 0.25) is 0 Å². The van der Waals surface area contributed by atoms with Crippen LogP contribution < -0.4 is 5.73 Å². The van der Waals surface area contributed by atoms with Crippen molar-refractivity contribution >= 4 is 11.6 Å². The second-order valence-corrected chi connectivity index (χ2v) is 4.38. The average Bonchev–Trinajstić information content (AvgIpc) is 2.81. The predicted molar refractivity (Wildman–Crippen MR) is 68.4 cm³/mol. The van der Waals surface area contributed by atoms with Crippen molar-refractivity contribution in [2.24, 2.45) is 0 Å². The second kappa shape index (κ2) is 5.37. The van der Waals surface area contributed by atoms with Gasteiger partial charge in [-0.25, -0.2) is 0 Å². The first-order chi connectivity index (χ1) is 8.65. The van der Waals surface area contributed by atoms with Gasteiger partial charge in [0.25, 0.3) is 5.91 Å². The molecular weight excluding hydrogens is 232 g/mol. The Morgan fingerprint density at radius 1 is 1.28 bits per heavy atom. The topological polar surface area (TPSA) is 64.8 Å². The predicted octanol–water partition coefficient (Wildman–Crippen LogP) is 0.755. The number of nitrogens with zero attached hydrogens (tertiary/aromatic N) is 1. The lowest BCUT2D eigenvalue weighted by Gasteiger charge is -2.15. The van der Waals surface area contributed by atoms with E-state index in [0.717, 1.165) is 0 Å². The fourth-order valence-corrected chi connectivity index (χ4v) is 2.22. The van der Waals surface area contributed by atoms with E-state index in [2.05, 4.69) is 0 Å². The largest absolute Gasteiger partial charge is 0.399 e. The number of nitrogens with two attached hydrogens (primary N) is 1. The molecule has 0 aromatic heterocycles. The summed E-state index contributed by atoms with van der Waals surface area (Å²) < 4.78 is 10.6. The summed E-state index contributed by atoms with van der Waals surface area (Å²) in [5, 5.41) is 0. The van der Waals surface area contributed by atoms with E-state index in [4.69, 9.17) is 15.2 Å². The molecule has 0 bridgehead atoms. The molecule has 0 aliphatic carbocycles. The van der Waals surface area contributed by atoms with Gasteiger partial charge in [-0.15, -0.1) is 0 Å². The van der Waals surface area contributed by atoms with E-state index < -0.39 is 0 Å². The summed E-state index contributed by atoms with van der Waals surface area (Å²) in [7, 11) is 3.26. The van der Waals surface area contributed by atoms with Gasteiger partial charge < -0.3 is 20.1 Å². The van der Waals surface area contributed by atoms with Gasteiger partial charge in [0.15, 0.2) is 0 Å². The number of hydrogen-bond acceptors (Lipinski definition) is 4. The maximum absolute atomic E-state index is 12.3. The zero-order valence-corrected chi connectivity index (χ0v) is 10.6. The summed E-state index contributed by atoms with van der Waals surface area (Å²) in [6.07, 6.45) is -0.139. The number of amides is 1. The van der Waals surface area contributed by atoms with Crippen molar-refractivity contribution in [2.45, 2.75) is 12.2 Å². The fourth-order valence-electron chi connectivity index (χ4n) is 2.22. The van der Waals surface area contributed by atoms with Crippen LogP contribution in [0.3, 0.4) is 0 Å². The number of hydrogen-bond donors (Lipinski definition) is 1. The van der Waals surface area contributed by atoms with Crippen molar-refractivity contribution in [2.75, 3.05) is 33.0 Å². The van der Waals surface area contributed by atoms with Gasteiger partial charge >= 0.3 is 0 Å². The van der Waals surface area contributed by atoms with Gasteiger partial charge in [0.2, 0.25) is 0 Å². The molecule has 2 rings (SSSR count). The van der Waals surface area contributed by atoms with E-state index in [1.54, 1.807) is 43.4 Å². The Labute approximate surface area is 106 Å². The number of carbonyl (C=O) groups excluding carboxylic acids is 1. The highest BCUT2D eigenvalue weighted by Crippen LogP contribution is 2.19. The molecule has 1 amide bonds. The van der Waals surface area contributed by atoms with Gasteiger partial charge in [0.1, 0.15) is 12.2 Å². The first kappa shape index (κ1) is 12.9. The number of benzene rings is 1. The highest BCUT2D eigenvalue weighted by Gasteiger charge is 2.35. The number of anilines is 1. The van der Waals surface area contributed by atoms with Gasteiger partial charge in [0, 0.05) is 38.6 Å². The van der Waals surface area contributed by atoms with Crippen molar-refractivity contribution in [1.29, 1.82) is 0 Å². The van der Waals surface area contributed by atoms with Crippen LogP contribution in [0.5, 0.6) is 0 Å². The molecule has 98 valence electrons. The Bertz CT molecular complexity index is 424. The molecule has 5 heteroatoms. The lowest BCUT2D eigenvalue weighted by Crippen LogP contribution is -2.30. The van der Waals surface area contributed by atoms with Crippen molar-refractivity contribution < 1.29 is 14.3 Å². The normalized spacial score (nSPS) is 23.3. The Hall–Kier alpha value is -1.59. The molecule has 0 saturated carbocycles. The smallest absolute Gasteiger partial charge is 0.254 e. The lowest BCUT2D eigenvalue weighted by molar-refractivity contribution is -0.00461. The van der Waals surface area contributed by atoms with Gasteiger partial charge in [0.05, 0.1) is 0 Å². The molecule has 2 N–H and O–H groups in total. The summed E-state index contributed by atoms with van der Waals surface area (Å²) in [4.78, 5) is 14.0. The summed E-state index contributed by atoms with van der Waals surface area (Å²) in [6.45, 7) is 1.09. The molecule has 1 aromatic carbocycles. The standard InChI is InChI=1S/C13H18N2O3/c1-17-11-7-15(8-12(11)18-2)13(16)9-4-3-5-10(14)6-9/h3-6,11-12H,7-8,14H2,1-2H3. The van der Waals surface area contributed by atoms with E-state index in [0.29, 0.717) is 24.3 Å². The first-order valence-corrected chi connectivity index (χ1v) is 5.86. The van der Waals surface area contributed by atoms with E-state index in [1.165, 1.54) is 0 Å². The summed E-state index contributed by atoms with van der Waals surface area (Å²) in [5.74, 6) is -0.0381. The lowest BCUT2D eigenvalue weighted by atomic mass is 10.2. The van der Waals surface area contributed by atoms with Crippen LogP contribution in [0.25, 0.3) is 0 Å². The van der Waals surface area contributed by atoms with Gasteiger partial charge in [-0.2, -0.15) is 0 Å². The Balaban J connectivity index is 2.11. The van der Waals surface area contributed by atoms with Crippen molar-refractivity contribution in [1.82, 2.24) is 4.90 Å². The third-order valence-electron chi connectivity index (χ3n) is 3.24. The van der Waals surface area contributed by atoms with Crippen LogP contribution in [0.15, 0.2) is 24.3 Å². The molecule has 1 aliphatic rings. The summed E-state index contributed by atoms with van der Waals surface area (Å²) in [6, 6.07) is 6.99. The maximum atomic E-state index is 12.3. The quantitative estimate of drug-likeness (QED) is 0.804. The Morgan fingerprint density at radius 3 is 2.39 bits per heavy atom. The van der Waals surface area contributed by atoms with Crippen LogP contribution >= 0.6 is 0 Å². The van der Waals surface area contributed by atoms with Crippen LogP contribution in [-0.4, -0.2) is 50.3 Å². The molecule has 0 spiro atoms. The molecule has 1 aromatic rings. The monoisotopic (exact) mass is 250 g/mol. The number of carbonyl (C=O) groups is 1. The average molecular weight is 250 g/mol. The Morgan fingerprint density at radius 2 is 1.89 bits per heavy atom. The molecule has 2 unspecified atom stereocenters. The highest BCUT2D eigenvalue weighted by molar-refractivity contribution is 5.95. The minimum Gasteiger partial charge on any atom is -0.399 e. The second-order valence-electron chi connectivity index (χ2n) is 4.38. The highest BCUT2D eigenvalue weighted by atomic mass is 16.5. The number of methoxy groups -OCH3 is 2. The number of ether oxygens (including phenoxy) is 2. The van der Waals surface area contributed by atoms with Crippen LogP contribution in [-0.2, 0) is 9.47 Å². The zero-order chi connectivity index (χ0) is 13.1. The molecule has 18 heavy (non-hydrogen) atoms. The molecule has 5 nitrogen and oxygen atoms in total. The number of nitrogen functional groups attached to an aromatic ring is 1. The number of rotatable bonds is 3. The molecule has 2 atom stereocenters. The van der Waals surface area contributed by atoms with E-state index in [1.807, 2.05) is 0 Å². The molecule has 0 radical (unpaired) electrons. The third kappa shape index (κ3) is 2.47. The fraction of sp³-hybridized carbons (Fsp3) is 0.462. The molecule has 1 heterocycles. The summed E-state index contributed by atoms with van der Waals surface area (Å²) >= 11 is 0. The zero-order valence-electron chi connectivity index (χ0n) is 10.6.